The molecule has 0 rings (SSSR count). The van der Waals surface area contributed by atoms with Crippen LogP contribution in [0, 0.1) is 0 Å². The lowest BCUT2D eigenvalue weighted by Gasteiger charge is -2.29. The molecule has 0 aliphatic rings. The third-order valence-electron chi connectivity index (χ3n) is 1.78. The molecule has 0 radical (unpaired) electrons. The summed E-state index contributed by atoms with van der Waals surface area (Å²) in [5.41, 5.74) is 0. The Kier molecular flexibility index (Phi) is 5.71. The van der Waals surface area contributed by atoms with Gasteiger partial charge in [-0.3, -0.25) is 0 Å². The van der Waals surface area contributed by atoms with Crippen molar-refractivity contribution in [3.05, 3.63) is 0 Å². The minimum atomic E-state index is -1.39. The zero-order chi connectivity index (χ0) is 9.00. The minimum Gasteiger partial charge on any atom is -0.400 e. The molecule has 0 aromatic carbocycles. The molecule has 0 aliphatic heterocycles. The van der Waals surface area contributed by atoms with Crippen LogP contribution in [0.15, 0.2) is 0 Å². The van der Waals surface area contributed by atoms with Gasteiger partial charge in [-0.15, -0.1) is 0 Å². The molecular weight excluding hydrogens is 164 g/mol. The van der Waals surface area contributed by atoms with Crippen molar-refractivity contribution < 1.29 is 5.11 Å². The average molecular weight is 183 g/mol. The van der Waals surface area contributed by atoms with Gasteiger partial charge in [0.1, 0.15) is 0 Å². The molecule has 0 bridgehead atoms. The number of rotatable bonds is 0. The van der Waals surface area contributed by atoms with Gasteiger partial charge in [-0.1, -0.05) is 33.9 Å². The maximum atomic E-state index is 7.00. The van der Waals surface area contributed by atoms with Gasteiger partial charge >= 0.3 is 0 Å². The SMILES string of the molecule is CC(C)(C)[Si](C)(C)Cl.CO. The molecule has 0 aromatic rings. The molecule has 0 unspecified atom stereocenters. The van der Waals surface area contributed by atoms with Crippen LogP contribution in [0.4, 0.5) is 0 Å². The molecule has 0 spiro atoms. The fourth-order valence-electron chi connectivity index (χ4n) is 0. The van der Waals surface area contributed by atoms with E-state index in [4.69, 9.17) is 16.2 Å². The molecule has 0 aliphatic carbocycles. The van der Waals surface area contributed by atoms with Gasteiger partial charge < -0.3 is 5.11 Å². The normalized spacial score (nSPS) is 12.0. The lowest BCUT2D eigenvalue weighted by molar-refractivity contribution is 0.399. The predicted molar refractivity (Wildman–Crippen MR) is 51.2 cm³/mol. The molecule has 64 valence electrons. The first-order chi connectivity index (χ1) is 4.25. The molecule has 0 atom stereocenters. The summed E-state index contributed by atoms with van der Waals surface area (Å²) in [4.78, 5) is 0. The van der Waals surface area contributed by atoms with Gasteiger partial charge in [-0.2, -0.15) is 11.1 Å². The number of aliphatic hydroxyl groups is 1. The number of hydrogen-bond donors (Lipinski definition) is 1. The van der Waals surface area contributed by atoms with Crippen LogP contribution < -0.4 is 0 Å². The van der Waals surface area contributed by atoms with Crippen LogP contribution in [0.25, 0.3) is 0 Å². The van der Waals surface area contributed by atoms with Crippen LogP contribution in [0.1, 0.15) is 20.8 Å². The van der Waals surface area contributed by atoms with Crippen molar-refractivity contribution in [2.45, 2.75) is 38.9 Å². The van der Waals surface area contributed by atoms with Gasteiger partial charge in [-0.05, 0) is 5.04 Å². The minimum absolute atomic E-state index is 0.342. The fourth-order valence-corrected chi connectivity index (χ4v) is 0. The first-order valence-electron chi connectivity index (χ1n) is 3.39. The zero-order valence-electron chi connectivity index (χ0n) is 7.83. The van der Waals surface area contributed by atoms with Crippen molar-refractivity contribution in [3.8, 4) is 0 Å². The first-order valence-corrected chi connectivity index (χ1v) is 7.40. The zero-order valence-corrected chi connectivity index (χ0v) is 9.58. The Balaban J connectivity index is 0. The molecule has 1 N–H and O–H groups in total. The quantitative estimate of drug-likeness (QED) is 0.451. The van der Waals surface area contributed by atoms with Crippen molar-refractivity contribution in [1.29, 1.82) is 0 Å². The second-order valence-corrected chi connectivity index (χ2v) is 11.0. The molecule has 10 heavy (non-hydrogen) atoms. The topological polar surface area (TPSA) is 20.2 Å². The van der Waals surface area contributed by atoms with Crippen molar-refractivity contribution in [2.24, 2.45) is 0 Å². The Bertz CT molecular complexity index is 68.6. The van der Waals surface area contributed by atoms with E-state index in [0.29, 0.717) is 5.04 Å². The second-order valence-electron chi connectivity index (χ2n) is 3.72. The van der Waals surface area contributed by atoms with E-state index in [1.54, 1.807) is 0 Å². The Hall–Kier alpha value is 0.467. The maximum Gasteiger partial charge on any atom is 0.155 e. The largest absolute Gasteiger partial charge is 0.400 e. The second kappa shape index (κ2) is 4.37. The van der Waals surface area contributed by atoms with Gasteiger partial charge in [0, 0.05) is 7.11 Å². The summed E-state index contributed by atoms with van der Waals surface area (Å²) in [6.07, 6.45) is 0. The van der Waals surface area contributed by atoms with E-state index in [1.807, 2.05) is 0 Å². The molecular formula is C7H19ClOSi. The highest BCUT2D eigenvalue weighted by Crippen LogP contribution is 2.38. The average Bonchev–Trinajstić information content (AvgIpc) is 1.66. The van der Waals surface area contributed by atoms with E-state index >= 15 is 0 Å². The monoisotopic (exact) mass is 182 g/mol. The van der Waals surface area contributed by atoms with Crippen molar-refractivity contribution in [2.75, 3.05) is 7.11 Å². The molecule has 0 aromatic heterocycles. The first kappa shape index (κ1) is 13.1. The Labute approximate surface area is 70.1 Å². The Morgan fingerprint density at radius 2 is 1.20 bits per heavy atom. The summed E-state index contributed by atoms with van der Waals surface area (Å²) in [5, 5.41) is 7.34. The fraction of sp³-hybridized carbons (Fsp3) is 1.00. The van der Waals surface area contributed by atoms with Crippen LogP contribution in [-0.4, -0.2) is 19.6 Å². The standard InChI is InChI=1S/C6H15ClSi.CH4O/c1-6(2,3)8(4,5)7;1-2/h1-5H3;2H,1H3. The molecule has 0 saturated heterocycles. The Morgan fingerprint density at radius 1 is 1.10 bits per heavy atom. The molecule has 1 nitrogen and oxygen atoms in total. The molecule has 0 heterocycles. The molecule has 0 saturated carbocycles. The lowest BCUT2D eigenvalue weighted by Crippen LogP contribution is -2.29. The number of hydrogen-bond acceptors (Lipinski definition) is 1. The van der Waals surface area contributed by atoms with Gasteiger partial charge in [-0.25, -0.2) is 0 Å². The summed E-state index contributed by atoms with van der Waals surface area (Å²) < 4.78 is 0. The maximum absolute atomic E-state index is 7.00. The summed E-state index contributed by atoms with van der Waals surface area (Å²) in [6.45, 7) is 11.0. The lowest BCUT2D eigenvalue weighted by atomic mass is 10.2. The van der Waals surface area contributed by atoms with Crippen LogP contribution in [-0.2, 0) is 0 Å². The van der Waals surface area contributed by atoms with E-state index in [-0.39, 0.29) is 0 Å². The summed E-state index contributed by atoms with van der Waals surface area (Å²) >= 11 is 6.15. The van der Waals surface area contributed by atoms with Gasteiger partial charge in [0.25, 0.3) is 0 Å². The van der Waals surface area contributed by atoms with Crippen molar-refractivity contribution in [1.82, 2.24) is 0 Å². The van der Waals surface area contributed by atoms with Crippen LogP contribution in [0.5, 0.6) is 0 Å². The Morgan fingerprint density at radius 3 is 1.20 bits per heavy atom. The van der Waals surface area contributed by atoms with E-state index in [1.165, 1.54) is 0 Å². The predicted octanol–water partition coefficient (Wildman–Crippen LogP) is 2.84. The van der Waals surface area contributed by atoms with E-state index in [2.05, 4.69) is 33.9 Å². The summed E-state index contributed by atoms with van der Waals surface area (Å²) in [6, 6.07) is 0. The van der Waals surface area contributed by atoms with Crippen LogP contribution in [0.2, 0.25) is 18.1 Å². The van der Waals surface area contributed by atoms with Crippen LogP contribution in [0.3, 0.4) is 0 Å². The van der Waals surface area contributed by atoms with Crippen LogP contribution >= 0.6 is 11.1 Å². The highest BCUT2D eigenvalue weighted by molar-refractivity contribution is 7.20. The van der Waals surface area contributed by atoms with Crippen molar-refractivity contribution in [3.63, 3.8) is 0 Å². The molecule has 3 heteroatoms. The number of aliphatic hydroxyl groups excluding tert-OH is 1. The van der Waals surface area contributed by atoms with Gasteiger partial charge in [0.2, 0.25) is 0 Å². The third-order valence-corrected chi connectivity index (χ3v) is 7.05. The molecule has 0 fully saturated rings. The van der Waals surface area contributed by atoms with Gasteiger partial charge in [0.05, 0.1) is 0 Å². The summed E-state index contributed by atoms with van der Waals surface area (Å²) in [5.74, 6) is 0. The highest BCUT2D eigenvalue weighted by Gasteiger charge is 2.32. The van der Waals surface area contributed by atoms with E-state index < -0.39 is 7.38 Å². The smallest absolute Gasteiger partial charge is 0.155 e. The third kappa shape index (κ3) is 5.27. The summed E-state index contributed by atoms with van der Waals surface area (Å²) in [7, 11) is -0.387. The van der Waals surface area contributed by atoms with E-state index in [0.717, 1.165) is 7.11 Å². The van der Waals surface area contributed by atoms with Gasteiger partial charge in [0.15, 0.2) is 7.38 Å². The highest BCUT2D eigenvalue weighted by atomic mass is 35.6. The molecule has 0 amide bonds. The van der Waals surface area contributed by atoms with Crippen molar-refractivity contribution >= 4 is 18.5 Å². The number of halogens is 1. The van der Waals surface area contributed by atoms with E-state index in [9.17, 15) is 0 Å².